The van der Waals surface area contributed by atoms with Gasteiger partial charge in [0.05, 0.1) is 0 Å². The third kappa shape index (κ3) is 5.39. The topological polar surface area (TPSA) is 41.7 Å². The highest BCUT2D eigenvalue weighted by Gasteiger charge is 2.39. The zero-order valence-electron chi connectivity index (χ0n) is 16.8. The molecule has 0 unspecified atom stereocenters. The first kappa shape index (κ1) is 21.4. The number of likely N-dealkylation sites (N-methyl/N-ethyl adjacent to an activating group) is 1. The Balaban J connectivity index is 1.85. The Morgan fingerprint density at radius 3 is 2.57 bits per heavy atom. The van der Waals surface area contributed by atoms with Gasteiger partial charge in [-0.2, -0.15) is 0 Å². The van der Waals surface area contributed by atoms with Crippen LogP contribution < -0.4 is 10.5 Å². The van der Waals surface area contributed by atoms with Crippen LogP contribution in [0.25, 0.3) is 0 Å². The fourth-order valence-corrected chi connectivity index (χ4v) is 4.65. The summed E-state index contributed by atoms with van der Waals surface area (Å²) < 4.78 is 42.3. The molecule has 1 saturated heterocycles. The first-order chi connectivity index (χ1) is 13.2. The van der Waals surface area contributed by atoms with E-state index in [0.717, 1.165) is 57.4 Å². The molecular formula is C21H32F3N3O. The van der Waals surface area contributed by atoms with E-state index in [1.165, 1.54) is 18.6 Å². The largest absolute Gasteiger partial charge is 0.573 e. The lowest BCUT2D eigenvalue weighted by atomic mass is 9.70. The minimum Gasteiger partial charge on any atom is -0.406 e. The fraction of sp³-hybridized carbons (Fsp3) is 0.714. The number of nitrogens with two attached hydrogens (primary N) is 1. The molecule has 2 N–H and O–H groups in total. The minimum absolute atomic E-state index is 0.0137. The molecule has 7 heteroatoms. The van der Waals surface area contributed by atoms with Gasteiger partial charge in [0, 0.05) is 43.7 Å². The van der Waals surface area contributed by atoms with Crippen LogP contribution in [0.15, 0.2) is 24.3 Å². The normalized spacial score (nSPS) is 25.4. The summed E-state index contributed by atoms with van der Waals surface area (Å²) in [6.45, 7) is 5.86. The van der Waals surface area contributed by atoms with Crippen molar-refractivity contribution in [2.24, 2.45) is 5.73 Å². The molecule has 0 spiro atoms. The van der Waals surface area contributed by atoms with Gasteiger partial charge in [0.15, 0.2) is 0 Å². The Morgan fingerprint density at radius 1 is 1.21 bits per heavy atom. The van der Waals surface area contributed by atoms with Crippen LogP contribution in [-0.4, -0.2) is 61.0 Å². The van der Waals surface area contributed by atoms with E-state index in [1.807, 2.05) is 6.07 Å². The van der Waals surface area contributed by atoms with Crippen LogP contribution in [0.3, 0.4) is 0 Å². The lowest BCUT2D eigenvalue weighted by Gasteiger charge is -2.45. The second-order valence-corrected chi connectivity index (χ2v) is 8.56. The summed E-state index contributed by atoms with van der Waals surface area (Å²) in [7, 11) is 2.13. The Labute approximate surface area is 165 Å². The van der Waals surface area contributed by atoms with Crippen molar-refractivity contribution < 1.29 is 17.9 Å². The molecule has 4 nitrogen and oxygen atoms in total. The molecule has 1 heterocycles. The van der Waals surface area contributed by atoms with Crippen molar-refractivity contribution in [3.05, 3.63) is 29.8 Å². The van der Waals surface area contributed by atoms with E-state index in [4.69, 9.17) is 5.73 Å². The molecule has 0 radical (unpaired) electrons. The van der Waals surface area contributed by atoms with Crippen molar-refractivity contribution >= 4 is 0 Å². The molecule has 1 aliphatic carbocycles. The Bertz CT molecular complexity index is 646. The molecule has 2 atom stereocenters. The lowest BCUT2D eigenvalue weighted by Crippen LogP contribution is -2.55. The number of piperazine rings is 1. The van der Waals surface area contributed by atoms with E-state index in [0.29, 0.717) is 6.04 Å². The second-order valence-electron chi connectivity index (χ2n) is 8.56. The number of rotatable bonds is 5. The average Bonchev–Trinajstić information content (AvgIpc) is 2.62. The monoisotopic (exact) mass is 399 g/mol. The molecule has 0 bridgehead atoms. The van der Waals surface area contributed by atoms with Gasteiger partial charge < -0.3 is 15.4 Å². The Hall–Kier alpha value is -1.31. The van der Waals surface area contributed by atoms with Crippen molar-refractivity contribution in [3.8, 4) is 5.75 Å². The van der Waals surface area contributed by atoms with Gasteiger partial charge in [-0.3, -0.25) is 4.90 Å². The predicted molar refractivity (Wildman–Crippen MR) is 104 cm³/mol. The van der Waals surface area contributed by atoms with E-state index < -0.39 is 6.36 Å². The van der Waals surface area contributed by atoms with Gasteiger partial charge >= 0.3 is 6.36 Å². The maximum absolute atomic E-state index is 12.7. The highest BCUT2D eigenvalue weighted by atomic mass is 19.4. The first-order valence-electron chi connectivity index (χ1n) is 10.2. The molecule has 2 aliphatic rings. The smallest absolute Gasteiger partial charge is 0.406 e. The van der Waals surface area contributed by atoms with Gasteiger partial charge in [0.1, 0.15) is 5.75 Å². The van der Waals surface area contributed by atoms with E-state index >= 15 is 0 Å². The maximum Gasteiger partial charge on any atom is 0.573 e. The number of halogens is 3. The molecule has 0 aromatic heterocycles. The summed E-state index contributed by atoms with van der Waals surface area (Å²) in [6, 6.07) is 6.88. The number of ether oxygens (including phenoxy) is 1. The van der Waals surface area contributed by atoms with Crippen LogP contribution >= 0.6 is 0 Å². The summed E-state index contributed by atoms with van der Waals surface area (Å²) in [5, 5.41) is 0. The second kappa shape index (κ2) is 8.59. The predicted octanol–water partition coefficient (Wildman–Crippen LogP) is 3.97. The summed E-state index contributed by atoms with van der Waals surface area (Å²) in [4.78, 5) is 4.75. The molecule has 3 rings (SSSR count). The summed E-state index contributed by atoms with van der Waals surface area (Å²) in [5.41, 5.74) is 7.35. The Kier molecular flexibility index (Phi) is 6.57. The molecule has 1 aromatic rings. The van der Waals surface area contributed by atoms with Crippen molar-refractivity contribution in [2.75, 3.05) is 33.2 Å². The van der Waals surface area contributed by atoms with Crippen molar-refractivity contribution in [1.29, 1.82) is 0 Å². The van der Waals surface area contributed by atoms with Gasteiger partial charge in [0.25, 0.3) is 0 Å². The van der Waals surface area contributed by atoms with Crippen LogP contribution in [0.2, 0.25) is 0 Å². The van der Waals surface area contributed by atoms with E-state index in [1.54, 1.807) is 6.07 Å². The van der Waals surface area contributed by atoms with Crippen LogP contribution in [0.5, 0.6) is 5.75 Å². The number of benzene rings is 1. The van der Waals surface area contributed by atoms with Gasteiger partial charge in [-0.05, 0) is 44.5 Å². The first-order valence-corrected chi connectivity index (χ1v) is 10.2. The molecular weight excluding hydrogens is 367 g/mol. The molecule has 158 valence electrons. The maximum atomic E-state index is 12.7. The number of nitrogens with zero attached hydrogens (tertiary/aromatic N) is 2. The van der Waals surface area contributed by atoms with Gasteiger partial charge in [-0.1, -0.05) is 31.4 Å². The van der Waals surface area contributed by atoms with Crippen molar-refractivity contribution in [2.45, 2.75) is 62.9 Å². The molecule has 1 saturated carbocycles. The standard InChI is InChI=1S/C21H32F3N3O/c1-16-14-27(12-11-26(16)2)15-19(20(25)9-4-3-5-10-20)17-7-6-8-18(13-17)28-21(22,23)24/h6-8,13,16,19H,3-5,9-12,14-15,25H2,1-2H3/t16-,19+/m0/s1. The zero-order chi connectivity index (χ0) is 20.4. The number of alkyl halides is 3. The highest BCUT2D eigenvalue weighted by Crippen LogP contribution is 2.40. The van der Waals surface area contributed by atoms with Gasteiger partial charge in [-0.15, -0.1) is 13.2 Å². The third-order valence-corrected chi connectivity index (χ3v) is 6.46. The van der Waals surface area contributed by atoms with Crippen molar-refractivity contribution in [3.63, 3.8) is 0 Å². The Morgan fingerprint density at radius 2 is 1.93 bits per heavy atom. The van der Waals surface area contributed by atoms with Gasteiger partial charge in [-0.25, -0.2) is 0 Å². The molecule has 1 aromatic carbocycles. The molecule has 2 fully saturated rings. The van der Waals surface area contributed by atoms with Crippen LogP contribution in [-0.2, 0) is 0 Å². The highest BCUT2D eigenvalue weighted by molar-refractivity contribution is 5.33. The van der Waals surface area contributed by atoms with Crippen molar-refractivity contribution in [1.82, 2.24) is 9.80 Å². The quantitative estimate of drug-likeness (QED) is 0.814. The van der Waals surface area contributed by atoms with E-state index in [-0.39, 0.29) is 17.2 Å². The zero-order valence-corrected chi connectivity index (χ0v) is 16.8. The fourth-order valence-electron chi connectivity index (χ4n) is 4.65. The third-order valence-electron chi connectivity index (χ3n) is 6.46. The SMILES string of the molecule is C[C@H]1CN(C[C@H](c2cccc(OC(F)(F)F)c2)C2(N)CCCCC2)CCN1C. The van der Waals surface area contributed by atoms with Crippen LogP contribution in [0, 0.1) is 0 Å². The lowest BCUT2D eigenvalue weighted by molar-refractivity contribution is -0.274. The summed E-state index contributed by atoms with van der Waals surface area (Å²) in [5.74, 6) is -0.179. The molecule has 0 amide bonds. The average molecular weight is 400 g/mol. The molecule has 28 heavy (non-hydrogen) atoms. The van der Waals surface area contributed by atoms with Crippen LogP contribution in [0.4, 0.5) is 13.2 Å². The minimum atomic E-state index is -4.69. The van der Waals surface area contributed by atoms with E-state index in [2.05, 4.69) is 28.5 Å². The van der Waals surface area contributed by atoms with Crippen LogP contribution in [0.1, 0.15) is 50.5 Å². The summed E-state index contributed by atoms with van der Waals surface area (Å²) >= 11 is 0. The van der Waals surface area contributed by atoms with E-state index in [9.17, 15) is 13.2 Å². The van der Waals surface area contributed by atoms with Gasteiger partial charge in [0.2, 0.25) is 0 Å². The summed E-state index contributed by atoms with van der Waals surface area (Å²) in [6.07, 6.45) is 0.451. The number of hydrogen-bond acceptors (Lipinski definition) is 4. The number of hydrogen-bond donors (Lipinski definition) is 1. The molecule has 1 aliphatic heterocycles.